The summed E-state index contributed by atoms with van der Waals surface area (Å²) in [7, 11) is 0. The Morgan fingerprint density at radius 3 is 3.00 bits per heavy atom. The molecule has 2 atom stereocenters. The summed E-state index contributed by atoms with van der Waals surface area (Å²) in [6, 6.07) is 0.0538. The summed E-state index contributed by atoms with van der Waals surface area (Å²) in [4.78, 5) is 17.1. The van der Waals surface area contributed by atoms with E-state index in [0.717, 1.165) is 50.2 Å². The van der Waals surface area contributed by atoms with E-state index in [1.54, 1.807) is 17.5 Å². The molecule has 1 aliphatic heterocycles. The summed E-state index contributed by atoms with van der Waals surface area (Å²) in [6.45, 7) is 6.09. The van der Waals surface area contributed by atoms with Crippen molar-refractivity contribution in [3.63, 3.8) is 0 Å². The standard InChI is InChI=1S/C15H25N3OS/c1-3-6-15(7-5-8-16-11-15)14(19)18-12(4-2)13-17-9-10-20-13/h9-10,12,16H,3-8,11H2,1-2H3,(H,18,19). The molecule has 1 amide bonds. The van der Waals surface area contributed by atoms with Crippen LogP contribution in [0.25, 0.3) is 0 Å². The largest absolute Gasteiger partial charge is 0.346 e. The Bertz CT molecular complexity index is 407. The molecule has 2 unspecified atom stereocenters. The van der Waals surface area contributed by atoms with Crippen molar-refractivity contribution >= 4 is 17.2 Å². The van der Waals surface area contributed by atoms with Crippen molar-refractivity contribution in [1.29, 1.82) is 0 Å². The number of hydrogen-bond donors (Lipinski definition) is 2. The maximum atomic E-state index is 12.8. The third-order valence-electron chi connectivity index (χ3n) is 4.15. The van der Waals surface area contributed by atoms with Gasteiger partial charge in [0.25, 0.3) is 0 Å². The van der Waals surface area contributed by atoms with Crippen molar-refractivity contribution in [3.05, 3.63) is 16.6 Å². The van der Waals surface area contributed by atoms with Crippen molar-refractivity contribution < 1.29 is 4.79 Å². The molecule has 0 aliphatic carbocycles. The summed E-state index contributed by atoms with van der Waals surface area (Å²) in [5.41, 5.74) is -0.225. The number of nitrogens with one attached hydrogen (secondary N) is 2. The minimum Gasteiger partial charge on any atom is -0.346 e. The van der Waals surface area contributed by atoms with E-state index in [2.05, 4.69) is 29.5 Å². The lowest BCUT2D eigenvalue weighted by molar-refractivity contribution is -0.133. The summed E-state index contributed by atoms with van der Waals surface area (Å²) in [5, 5.41) is 9.60. The second-order valence-corrected chi connectivity index (χ2v) is 6.54. The SMILES string of the molecule is CCCC1(C(=O)NC(CC)c2nccs2)CCCNC1. The molecule has 0 saturated carbocycles. The molecular weight excluding hydrogens is 270 g/mol. The van der Waals surface area contributed by atoms with Crippen LogP contribution < -0.4 is 10.6 Å². The molecule has 2 heterocycles. The quantitative estimate of drug-likeness (QED) is 0.848. The van der Waals surface area contributed by atoms with Crippen LogP contribution in [0.5, 0.6) is 0 Å². The molecule has 0 bridgehead atoms. The Hall–Kier alpha value is -0.940. The number of rotatable bonds is 6. The highest BCUT2D eigenvalue weighted by Gasteiger charge is 2.39. The summed E-state index contributed by atoms with van der Waals surface area (Å²) in [6.07, 6.45) is 6.77. The molecule has 0 spiro atoms. The third-order valence-corrected chi connectivity index (χ3v) is 5.03. The van der Waals surface area contributed by atoms with Crippen molar-refractivity contribution in [2.45, 2.75) is 52.0 Å². The van der Waals surface area contributed by atoms with E-state index in [0.29, 0.717) is 0 Å². The van der Waals surface area contributed by atoms with Gasteiger partial charge in [-0.3, -0.25) is 4.79 Å². The Kier molecular flexibility index (Phi) is 5.54. The molecule has 20 heavy (non-hydrogen) atoms. The van der Waals surface area contributed by atoms with Gasteiger partial charge in [0.05, 0.1) is 11.5 Å². The number of nitrogens with zero attached hydrogens (tertiary/aromatic N) is 1. The average molecular weight is 295 g/mol. The van der Waals surface area contributed by atoms with Crippen LogP contribution in [-0.4, -0.2) is 24.0 Å². The third kappa shape index (κ3) is 3.38. The molecule has 2 N–H and O–H groups in total. The predicted molar refractivity (Wildman–Crippen MR) is 82.7 cm³/mol. The van der Waals surface area contributed by atoms with Crippen molar-refractivity contribution in [2.75, 3.05) is 13.1 Å². The molecule has 0 aromatic carbocycles. The molecule has 1 aromatic heterocycles. The average Bonchev–Trinajstić information content (AvgIpc) is 2.99. The minimum atomic E-state index is -0.225. The van der Waals surface area contributed by atoms with E-state index in [-0.39, 0.29) is 17.4 Å². The number of carbonyl (C=O) groups is 1. The number of hydrogen-bond acceptors (Lipinski definition) is 4. The smallest absolute Gasteiger partial charge is 0.228 e. The van der Waals surface area contributed by atoms with Gasteiger partial charge in [0.15, 0.2) is 0 Å². The van der Waals surface area contributed by atoms with E-state index in [1.165, 1.54) is 0 Å². The van der Waals surface area contributed by atoms with E-state index in [1.807, 2.05) is 5.38 Å². The first-order chi connectivity index (χ1) is 9.72. The summed E-state index contributed by atoms with van der Waals surface area (Å²) < 4.78 is 0. The van der Waals surface area contributed by atoms with Gasteiger partial charge in [-0.1, -0.05) is 20.3 Å². The summed E-state index contributed by atoms with van der Waals surface area (Å²) in [5.74, 6) is 0.202. The van der Waals surface area contributed by atoms with E-state index in [4.69, 9.17) is 0 Å². The number of carbonyl (C=O) groups excluding carboxylic acids is 1. The van der Waals surface area contributed by atoms with Gasteiger partial charge in [-0.2, -0.15) is 0 Å². The van der Waals surface area contributed by atoms with Crippen LogP contribution in [0.1, 0.15) is 57.0 Å². The van der Waals surface area contributed by atoms with Gasteiger partial charge in [-0.15, -0.1) is 11.3 Å². The van der Waals surface area contributed by atoms with Crippen LogP contribution in [0.3, 0.4) is 0 Å². The fourth-order valence-electron chi connectivity index (χ4n) is 3.02. The maximum absolute atomic E-state index is 12.8. The first-order valence-electron chi connectivity index (χ1n) is 7.63. The highest BCUT2D eigenvalue weighted by molar-refractivity contribution is 7.09. The maximum Gasteiger partial charge on any atom is 0.228 e. The van der Waals surface area contributed by atoms with Crippen LogP contribution in [0, 0.1) is 5.41 Å². The topological polar surface area (TPSA) is 54.0 Å². The monoisotopic (exact) mass is 295 g/mol. The van der Waals surface area contributed by atoms with Crippen molar-refractivity contribution in [3.8, 4) is 0 Å². The van der Waals surface area contributed by atoms with Gasteiger partial charge in [-0.05, 0) is 32.2 Å². The number of piperidine rings is 1. The van der Waals surface area contributed by atoms with E-state index < -0.39 is 0 Å². The minimum absolute atomic E-state index is 0.0538. The van der Waals surface area contributed by atoms with Gasteiger partial charge < -0.3 is 10.6 Å². The zero-order valence-corrected chi connectivity index (χ0v) is 13.3. The zero-order valence-electron chi connectivity index (χ0n) is 12.4. The molecule has 4 nitrogen and oxygen atoms in total. The predicted octanol–water partition coefficient (Wildman–Crippen LogP) is 2.88. The number of aromatic nitrogens is 1. The fourth-order valence-corrected chi connectivity index (χ4v) is 3.80. The lowest BCUT2D eigenvalue weighted by Gasteiger charge is -2.37. The lowest BCUT2D eigenvalue weighted by Crippen LogP contribution is -2.51. The lowest BCUT2D eigenvalue weighted by atomic mass is 9.76. The van der Waals surface area contributed by atoms with Crippen LogP contribution in [-0.2, 0) is 4.79 Å². The van der Waals surface area contributed by atoms with Gasteiger partial charge in [0, 0.05) is 18.1 Å². The molecule has 1 aliphatic rings. The highest BCUT2D eigenvalue weighted by Crippen LogP contribution is 2.33. The molecule has 0 radical (unpaired) electrons. The zero-order chi connectivity index (χ0) is 14.4. The van der Waals surface area contributed by atoms with E-state index >= 15 is 0 Å². The number of amides is 1. The second-order valence-electron chi connectivity index (χ2n) is 5.62. The normalized spacial score (nSPS) is 24.3. The van der Waals surface area contributed by atoms with Crippen molar-refractivity contribution in [1.82, 2.24) is 15.6 Å². The van der Waals surface area contributed by atoms with Crippen LogP contribution in [0.4, 0.5) is 0 Å². The van der Waals surface area contributed by atoms with Gasteiger partial charge >= 0.3 is 0 Å². The van der Waals surface area contributed by atoms with Crippen LogP contribution in [0.2, 0.25) is 0 Å². The van der Waals surface area contributed by atoms with Crippen LogP contribution >= 0.6 is 11.3 Å². The van der Waals surface area contributed by atoms with Crippen LogP contribution in [0.15, 0.2) is 11.6 Å². The molecule has 2 rings (SSSR count). The second kappa shape index (κ2) is 7.18. The first-order valence-corrected chi connectivity index (χ1v) is 8.51. The molecule has 5 heteroatoms. The van der Waals surface area contributed by atoms with Gasteiger partial charge in [0.2, 0.25) is 5.91 Å². The Labute approximate surface area is 125 Å². The van der Waals surface area contributed by atoms with E-state index in [9.17, 15) is 4.79 Å². The molecule has 1 saturated heterocycles. The molecule has 1 fully saturated rings. The Balaban J connectivity index is 2.07. The summed E-state index contributed by atoms with van der Waals surface area (Å²) >= 11 is 1.62. The highest BCUT2D eigenvalue weighted by atomic mass is 32.1. The Morgan fingerprint density at radius 2 is 2.45 bits per heavy atom. The molecule has 112 valence electrons. The van der Waals surface area contributed by atoms with Gasteiger partial charge in [0.1, 0.15) is 5.01 Å². The fraction of sp³-hybridized carbons (Fsp3) is 0.733. The van der Waals surface area contributed by atoms with Gasteiger partial charge in [-0.25, -0.2) is 4.98 Å². The first kappa shape index (κ1) is 15.4. The number of thiazole rings is 1. The molecule has 1 aromatic rings. The van der Waals surface area contributed by atoms with Crippen molar-refractivity contribution in [2.24, 2.45) is 5.41 Å². The Morgan fingerprint density at radius 1 is 1.60 bits per heavy atom. The molecular formula is C15H25N3OS.